The minimum absolute atomic E-state index is 0.452. The summed E-state index contributed by atoms with van der Waals surface area (Å²) in [7, 11) is 0. The number of carbonyl (C=O) groups is 1. The second kappa shape index (κ2) is 6.48. The van der Waals surface area contributed by atoms with Gasteiger partial charge < -0.3 is 9.84 Å². The van der Waals surface area contributed by atoms with Crippen LogP contribution in [0.25, 0.3) is 0 Å². The van der Waals surface area contributed by atoms with Crippen LogP contribution in [-0.2, 0) is 9.53 Å². The predicted molar refractivity (Wildman–Crippen MR) is 62.9 cm³/mol. The van der Waals surface area contributed by atoms with Crippen LogP contribution in [0.4, 0.5) is 0 Å². The van der Waals surface area contributed by atoms with Gasteiger partial charge in [-0.1, -0.05) is 18.2 Å². The van der Waals surface area contributed by atoms with E-state index in [2.05, 4.69) is 18.7 Å². The maximum Gasteiger partial charge on any atom is 0.332 e. The Bertz CT molecular complexity index is 270. The Morgan fingerprint density at radius 2 is 2.19 bits per heavy atom. The van der Waals surface area contributed by atoms with Gasteiger partial charge in [0.25, 0.3) is 0 Å². The molecule has 3 nitrogen and oxygen atoms in total. The summed E-state index contributed by atoms with van der Waals surface area (Å²) in [6, 6.07) is 0. The molecule has 0 aromatic carbocycles. The molecule has 3 heteroatoms. The minimum atomic E-state index is -0.547. The third-order valence-electron chi connectivity index (χ3n) is 2.91. The van der Waals surface area contributed by atoms with E-state index in [9.17, 15) is 4.79 Å². The van der Waals surface area contributed by atoms with E-state index < -0.39 is 18.2 Å². The molecule has 0 bridgehead atoms. The summed E-state index contributed by atoms with van der Waals surface area (Å²) in [5.41, 5.74) is -0.452. The minimum Gasteiger partial charge on any atom is -0.457 e. The molecule has 0 heterocycles. The zero-order valence-electron chi connectivity index (χ0n) is 9.65. The summed E-state index contributed by atoms with van der Waals surface area (Å²) in [6.45, 7) is 3.17. The van der Waals surface area contributed by atoms with Crippen molar-refractivity contribution in [2.45, 2.75) is 44.1 Å². The van der Waals surface area contributed by atoms with E-state index in [0.717, 1.165) is 32.1 Å². The van der Waals surface area contributed by atoms with E-state index in [0.29, 0.717) is 6.42 Å². The first-order valence-corrected chi connectivity index (χ1v) is 5.81. The number of aliphatic hydroxyl groups excluding tert-OH is 1. The summed E-state index contributed by atoms with van der Waals surface area (Å²) in [4.78, 5) is 11.2. The smallest absolute Gasteiger partial charge is 0.332 e. The first kappa shape index (κ1) is 13.0. The summed E-state index contributed by atoms with van der Waals surface area (Å²) >= 11 is 0. The van der Waals surface area contributed by atoms with Crippen LogP contribution in [0.2, 0.25) is 0 Å². The summed E-state index contributed by atoms with van der Waals surface area (Å²) in [6.07, 6.45) is 11.3. The van der Waals surface area contributed by atoms with E-state index in [1.165, 1.54) is 0 Å². The highest BCUT2D eigenvalue weighted by Gasteiger charge is 2.32. The van der Waals surface area contributed by atoms with Gasteiger partial charge in [-0.05, 0) is 32.1 Å². The second-order valence-corrected chi connectivity index (χ2v) is 4.21. The number of aliphatic hydroxyl groups is 1. The van der Waals surface area contributed by atoms with Gasteiger partial charge in [-0.25, -0.2) is 4.79 Å². The fourth-order valence-corrected chi connectivity index (χ4v) is 2.13. The monoisotopic (exact) mass is 224 g/mol. The molecule has 0 radical (unpaired) electrons. The van der Waals surface area contributed by atoms with E-state index in [1.807, 2.05) is 0 Å². The first-order valence-electron chi connectivity index (χ1n) is 5.81. The first-order chi connectivity index (χ1) is 7.72. The van der Waals surface area contributed by atoms with Gasteiger partial charge in [-0.15, -0.1) is 6.58 Å². The molecule has 0 saturated heterocycles. The fourth-order valence-electron chi connectivity index (χ4n) is 2.13. The van der Waals surface area contributed by atoms with Crippen molar-refractivity contribution in [3.05, 3.63) is 24.8 Å². The quantitative estimate of drug-likeness (QED) is 0.589. The van der Waals surface area contributed by atoms with Crippen molar-refractivity contribution >= 4 is 5.97 Å². The Balaban J connectivity index is 2.71. The number of rotatable bonds is 4. The number of hydrogen-bond acceptors (Lipinski definition) is 3. The molecule has 1 N–H and O–H groups in total. The van der Waals surface area contributed by atoms with Crippen molar-refractivity contribution < 1.29 is 14.6 Å². The Morgan fingerprint density at radius 1 is 1.44 bits per heavy atom. The molecule has 1 rings (SSSR count). The van der Waals surface area contributed by atoms with Crippen molar-refractivity contribution in [1.82, 2.24) is 0 Å². The standard InChI is InChI=1S/C13H20O3/c1-2-8-13(16-12(15)11-14)9-6-4-3-5-7-10-13/h2-4,14H,1,5-11H2/b4-3-. The van der Waals surface area contributed by atoms with Gasteiger partial charge in [0.2, 0.25) is 0 Å². The average molecular weight is 224 g/mol. The molecule has 1 aliphatic carbocycles. The second-order valence-electron chi connectivity index (χ2n) is 4.21. The molecule has 0 aromatic rings. The predicted octanol–water partition coefficient (Wildman–Crippen LogP) is 2.36. The van der Waals surface area contributed by atoms with Crippen LogP contribution in [0.5, 0.6) is 0 Å². The molecule has 0 amide bonds. The Morgan fingerprint density at radius 3 is 2.88 bits per heavy atom. The highest BCUT2D eigenvalue weighted by molar-refractivity contribution is 5.70. The zero-order chi connectivity index (χ0) is 11.9. The lowest BCUT2D eigenvalue weighted by Gasteiger charge is -2.33. The molecule has 0 aromatic heterocycles. The fraction of sp³-hybridized carbons (Fsp3) is 0.615. The van der Waals surface area contributed by atoms with E-state index >= 15 is 0 Å². The summed E-state index contributed by atoms with van der Waals surface area (Å²) in [5.74, 6) is -0.536. The van der Waals surface area contributed by atoms with Crippen LogP contribution in [0.15, 0.2) is 24.8 Å². The van der Waals surface area contributed by atoms with Crippen molar-refractivity contribution in [2.24, 2.45) is 0 Å². The number of esters is 1. The average Bonchev–Trinajstić information content (AvgIpc) is 2.24. The number of ether oxygens (including phenoxy) is 1. The van der Waals surface area contributed by atoms with Crippen LogP contribution in [-0.4, -0.2) is 23.3 Å². The summed E-state index contributed by atoms with van der Waals surface area (Å²) in [5, 5.41) is 8.76. The lowest BCUT2D eigenvalue weighted by Crippen LogP contribution is -2.36. The molecule has 1 atom stereocenters. The lowest BCUT2D eigenvalue weighted by atomic mass is 9.86. The molecule has 90 valence electrons. The van der Waals surface area contributed by atoms with Crippen LogP contribution in [0, 0.1) is 0 Å². The van der Waals surface area contributed by atoms with Crippen LogP contribution < -0.4 is 0 Å². The molecule has 16 heavy (non-hydrogen) atoms. The van der Waals surface area contributed by atoms with Gasteiger partial charge >= 0.3 is 5.97 Å². The normalized spacial score (nSPS) is 27.6. The largest absolute Gasteiger partial charge is 0.457 e. The van der Waals surface area contributed by atoms with Crippen molar-refractivity contribution in [1.29, 1.82) is 0 Å². The third-order valence-corrected chi connectivity index (χ3v) is 2.91. The Kier molecular flexibility index (Phi) is 5.26. The number of allylic oxidation sites excluding steroid dienone is 2. The van der Waals surface area contributed by atoms with E-state index in [4.69, 9.17) is 9.84 Å². The molecule has 0 fully saturated rings. The maximum absolute atomic E-state index is 11.2. The molecular formula is C13H20O3. The molecule has 1 aliphatic rings. The van der Waals surface area contributed by atoms with Crippen molar-refractivity contribution in [3.8, 4) is 0 Å². The van der Waals surface area contributed by atoms with E-state index in [1.54, 1.807) is 6.08 Å². The molecule has 1 unspecified atom stereocenters. The van der Waals surface area contributed by atoms with Crippen LogP contribution in [0.1, 0.15) is 38.5 Å². The zero-order valence-corrected chi connectivity index (χ0v) is 9.65. The van der Waals surface area contributed by atoms with E-state index in [-0.39, 0.29) is 0 Å². The SMILES string of the molecule is C=CCC1(OC(=O)CO)CC/C=C\CCC1. The molecular weight excluding hydrogens is 204 g/mol. The molecule has 0 spiro atoms. The Labute approximate surface area is 96.8 Å². The van der Waals surface area contributed by atoms with Crippen LogP contribution >= 0.6 is 0 Å². The highest BCUT2D eigenvalue weighted by Crippen LogP contribution is 2.31. The molecule has 0 saturated carbocycles. The van der Waals surface area contributed by atoms with Crippen LogP contribution in [0.3, 0.4) is 0 Å². The van der Waals surface area contributed by atoms with Gasteiger partial charge in [0, 0.05) is 6.42 Å². The topological polar surface area (TPSA) is 46.5 Å². The maximum atomic E-state index is 11.2. The Hall–Kier alpha value is -1.09. The lowest BCUT2D eigenvalue weighted by molar-refractivity contribution is -0.164. The third kappa shape index (κ3) is 3.81. The number of hydrogen-bond donors (Lipinski definition) is 1. The van der Waals surface area contributed by atoms with Gasteiger partial charge in [0.05, 0.1) is 0 Å². The van der Waals surface area contributed by atoms with Gasteiger partial charge in [0.15, 0.2) is 0 Å². The number of carbonyl (C=O) groups excluding carboxylic acids is 1. The van der Waals surface area contributed by atoms with Gasteiger partial charge in [-0.2, -0.15) is 0 Å². The highest BCUT2D eigenvalue weighted by atomic mass is 16.6. The van der Waals surface area contributed by atoms with Gasteiger partial charge in [-0.3, -0.25) is 0 Å². The molecule has 0 aliphatic heterocycles. The summed E-state index contributed by atoms with van der Waals surface area (Å²) < 4.78 is 5.41. The van der Waals surface area contributed by atoms with Gasteiger partial charge in [0.1, 0.15) is 12.2 Å². The van der Waals surface area contributed by atoms with Crippen molar-refractivity contribution in [3.63, 3.8) is 0 Å². The van der Waals surface area contributed by atoms with Crippen molar-refractivity contribution in [2.75, 3.05) is 6.61 Å².